The van der Waals surface area contributed by atoms with E-state index in [1.54, 1.807) is 0 Å². The summed E-state index contributed by atoms with van der Waals surface area (Å²) in [7, 11) is 0. The van der Waals surface area contributed by atoms with Crippen molar-refractivity contribution in [3.05, 3.63) is 35.7 Å². The molecular weight excluding hydrogens is 230 g/mol. The zero-order chi connectivity index (χ0) is 13.1. The minimum Gasteiger partial charge on any atom is -0.394 e. The summed E-state index contributed by atoms with van der Waals surface area (Å²) >= 11 is 0. The first kappa shape index (κ1) is 12.7. The SMILES string of the molecule is CC(C)c1ccc(-c2nc(C(N)CO)no2)cc1. The average Bonchev–Trinajstić information content (AvgIpc) is 2.87. The number of hydrogen-bond donors (Lipinski definition) is 2. The molecular formula is C13H17N3O2. The minimum absolute atomic E-state index is 0.203. The number of benzene rings is 1. The molecule has 0 aliphatic rings. The van der Waals surface area contributed by atoms with Crippen LogP contribution in [-0.4, -0.2) is 21.9 Å². The molecule has 3 N–H and O–H groups in total. The third kappa shape index (κ3) is 2.57. The highest BCUT2D eigenvalue weighted by molar-refractivity contribution is 5.53. The molecule has 0 bridgehead atoms. The lowest BCUT2D eigenvalue weighted by molar-refractivity contribution is 0.260. The first-order chi connectivity index (χ1) is 8.61. The third-order valence-corrected chi connectivity index (χ3v) is 2.79. The van der Waals surface area contributed by atoms with Gasteiger partial charge in [0.05, 0.1) is 12.6 Å². The van der Waals surface area contributed by atoms with Crippen LogP contribution < -0.4 is 5.73 Å². The van der Waals surface area contributed by atoms with E-state index < -0.39 is 6.04 Å². The molecule has 0 radical (unpaired) electrons. The van der Waals surface area contributed by atoms with Crippen LogP contribution in [0, 0.1) is 0 Å². The first-order valence-electron chi connectivity index (χ1n) is 5.92. The maximum Gasteiger partial charge on any atom is 0.257 e. The van der Waals surface area contributed by atoms with Crippen molar-refractivity contribution in [1.29, 1.82) is 0 Å². The monoisotopic (exact) mass is 247 g/mol. The Morgan fingerprint density at radius 3 is 2.50 bits per heavy atom. The van der Waals surface area contributed by atoms with Crippen molar-refractivity contribution in [2.75, 3.05) is 6.61 Å². The van der Waals surface area contributed by atoms with Crippen LogP contribution in [0.4, 0.5) is 0 Å². The van der Waals surface area contributed by atoms with Crippen molar-refractivity contribution in [2.45, 2.75) is 25.8 Å². The predicted molar refractivity (Wildman–Crippen MR) is 67.8 cm³/mol. The molecule has 0 aliphatic heterocycles. The van der Waals surface area contributed by atoms with Crippen LogP contribution in [0.3, 0.4) is 0 Å². The molecule has 0 aliphatic carbocycles. The standard InChI is InChI=1S/C13H17N3O2/c1-8(2)9-3-5-10(6-4-9)13-15-12(16-18-13)11(14)7-17/h3-6,8,11,17H,7,14H2,1-2H3. The predicted octanol–water partition coefficient (Wildman–Crippen LogP) is 1.85. The summed E-state index contributed by atoms with van der Waals surface area (Å²) in [6.07, 6.45) is 0. The van der Waals surface area contributed by atoms with Crippen molar-refractivity contribution in [2.24, 2.45) is 5.73 Å². The highest BCUT2D eigenvalue weighted by Gasteiger charge is 2.14. The number of rotatable bonds is 4. The van der Waals surface area contributed by atoms with Gasteiger partial charge in [-0.3, -0.25) is 0 Å². The van der Waals surface area contributed by atoms with Crippen LogP contribution in [0.15, 0.2) is 28.8 Å². The molecule has 0 amide bonds. The molecule has 0 spiro atoms. The van der Waals surface area contributed by atoms with Crippen LogP contribution >= 0.6 is 0 Å². The molecule has 1 aromatic carbocycles. The molecule has 5 nitrogen and oxygen atoms in total. The zero-order valence-electron chi connectivity index (χ0n) is 10.5. The van der Waals surface area contributed by atoms with Gasteiger partial charge in [0.1, 0.15) is 0 Å². The van der Waals surface area contributed by atoms with Gasteiger partial charge in [-0.05, 0) is 23.6 Å². The van der Waals surface area contributed by atoms with E-state index in [9.17, 15) is 0 Å². The average molecular weight is 247 g/mol. The Balaban J connectivity index is 2.23. The Bertz CT molecular complexity index is 505. The van der Waals surface area contributed by atoms with Gasteiger partial charge in [0, 0.05) is 5.56 Å². The van der Waals surface area contributed by atoms with Crippen molar-refractivity contribution in [3.8, 4) is 11.5 Å². The maximum absolute atomic E-state index is 8.92. The molecule has 0 saturated heterocycles. The van der Waals surface area contributed by atoms with Gasteiger partial charge in [0.2, 0.25) is 0 Å². The Hall–Kier alpha value is -1.72. The van der Waals surface area contributed by atoms with Gasteiger partial charge in [-0.1, -0.05) is 31.1 Å². The summed E-state index contributed by atoms with van der Waals surface area (Å²) in [6.45, 7) is 4.07. The maximum atomic E-state index is 8.92. The molecule has 1 heterocycles. The second-order valence-corrected chi connectivity index (χ2v) is 4.52. The summed E-state index contributed by atoms with van der Waals surface area (Å²) in [5.74, 6) is 1.23. The van der Waals surface area contributed by atoms with Gasteiger partial charge in [-0.2, -0.15) is 4.98 Å². The summed E-state index contributed by atoms with van der Waals surface area (Å²) in [4.78, 5) is 4.16. The van der Waals surface area contributed by atoms with E-state index in [4.69, 9.17) is 15.4 Å². The Morgan fingerprint density at radius 2 is 1.94 bits per heavy atom. The molecule has 0 saturated carbocycles. The van der Waals surface area contributed by atoms with E-state index in [1.165, 1.54) is 5.56 Å². The van der Waals surface area contributed by atoms with Crippen LogP contribution in [0.25, 0.3) is 11.5 Å². The second-order valence-electron chi connectivity index (χ2n) is 4.52. The lowest BCUT2D eigenvalue weighted by Gasteiger charge is -2.04. The van der Waals surface area contributed by atoms with Crippen LogP contribution in [0.5, 0.6) is 0 Å². The summed E-state index contributed by atoms with van der Waals surface area (Å²) in [6, 6.07) is 7.36. The third-order valence-electron chi connectivity index (χ3n) is 2.79. The number of nitrogens with two attached hydrogens (primary N) is 1. The Kier molecular flexibility index (Phi) is 3.74. The molecule has 96 valence electrons. The van der Waals surface area contributed by atoms with E-state index in [0.29, 0.717) is 17.6 Å². The van der Waals surface area contributed by atoms with E-state index in [2.05, 4.69) is 24.0 Å². The van der Waals surface area contributed by atoms with Crippen molar-refractivity contribution < 1.29 is 9.63 Å². The largest absolute Gasteiger partial charge is 0.394 e. The van der Waals surface area contributed by atoms with Crippen molar-refractivity contribution >= 4 is 0 Å². The summed E-state index contributed by atoms with van der Waals surface area (Å²) in [5.41, 5.74) is 7.72. The molecule has 0 fully saturated rings. The number of aliphatic hydroxyl groups excluding tert-OH is 1. The van der Waals surface area contributed by atoms with E-state index >= 15 is 0 Å². The fourth-order valence-electron chi connectivity index (χ4n) is 1.59. The fraction of sp³-hybridized carbons (Fsp3) is 0.385. The smallest absolute Gasteiger partial charge is 0.257 e. The number of aliphatic hydroxyl groups is 1. The van der Waals surface area contributed by atoms with Gasteiger partial charge in [0.25, 0.3) is 5.89 Å². The molecule has 1 aromatic heterocycles. The topological polar surface area (TPSA) is 85.2 Å². The minimum atomic E-state index is -0.600. The fourth-order valence-corrected chi connectivity index (χ4v) is 1.59. The van der Waals surface area contributed by atoms with Crippen molar-refractivity contribution in [1.82, 2.24) is 10.1 Å². The van der Waals surface area contributed by atoms with Crippen LogP contribution in [-0.2, 0) is 0 Å². The zero-order valence-corrected chi connectivity index (χ0v) is 10.5. The lowest BCUT2D eigenvalue weighted by Crippen LogP contribution is -2.15. The normalized spacial score (nSPS) is 12.9. The molecule has 1 unspecified atom stereocenters. The van der Waals surface area contributed by atoms with E-state index in [-0.39, 0.29) is 6.61 Å². The highest BCUT2D eigenvalue weighted by Crippen LogP contribution is 2.22. The van der Waals surface area contributed by atoms with Crippen molar-refractivity contribution in [3.63, 3.8) is 0 Å². The Labute approximate surface area is 106 Å². The first-order valence-corrected chi connectivity index (χ1v) is 5.92. The van der Waals surface area contributed by atoms with Crippen LogP contribution in [0.1, 0.15) is 37.2 Å². The molecule has 5 heteroatoms. The van der Waals surface area contributed by atoms with E-state index in [0.717, 1.165) is 5.56 Å². The molecule has 18 heavy (non-hydrogen) atoms. The van der Waals surface area contributed by atoms with Gasteiger partial charge in [-0.25, -0.2) is 0 Å². The van der Waals surface area contributed by atoms with Gasteiger partial charge in [0.15, 0.2) is 5.82 Å². The van der Waals surface area contributed by atoms with Gasteiger partial charge < -0.3 is 15.4 Å². The highest BCUT2D eigenvalue weighted by atomic mass is 16.5. The van der Waals surface area contributed by atoms with Gasteiger partial charge in [-0.15, -0.1) is 0 Å². The summed E-state index contributed by atoms with van der Waals surface area (Å²) in [5, 5.41) is 12.7. The second kappa shape index (κ2) is 5.29. The number of aromatic nitrogens is 2. The summed E-state index contributed by atoms with van der Waals surface area (Å²) < 4.78 is 5.12. The Morgan fingerprint density at radius 1 is 1.28 bits per heavy atom. The number of nitrogens with zero attached hydrogens (tertiary/aromatic N) is 2. The lowest BCUT2D eigenvalue weighted by atomic mass is 10.0. The quantitative estimate of drug-likeness (QED) is 0.861. The van der Waals surface area contributed by atoms with E-state index in [1.807, 2.05) is 24.3 Å². The molecule has 2 rings (SSSR count). The number of hydrogen-bond acceptors (Lipinski definition) is 5. The molecule has 1 atom stereocenters. The molecule has 2 aromatic rings. The van der Waals surface area contributed by atoms with Gasteiger partial charge >= 0.3 is 0 Å². The van der Waals surface area contributed by atoms with Crippen LogP contribution in [0.2, 0.25) is 0 Å².